The largest absolute Gasteiger partial charge is 0.396 e. The molecule has 0 spiro atoms. The van der Waals surface area contributed by atoms with E-state index in [-0.39, 0.29) is 25.9 Å². The number of unbranched alkanes of at least 4 members (excludes halogenated alkanes) is 2. The van der Waals surface area contributed by atoms with Gasteiger partial charge in [0.1, 0.15) is 0 Å². The molecule has 0 fully saturated rings. The molecule has 76 valence electrons. The highest BCUT2D eigenvalue weighted by molar-refractivity contribution is 6.18. The second kappa shape index (κ2) is 10.3. The van der Waals surface area contributed by atoms with Crippen molar-refractivity contribution in [1.29, 1.82) is 0 Å². The van der Waals surface area contributed by atoms with Crippen LogP contribution in [0.4, 0.5) is 0 Å². The summed E-state index contributed by atoms with van der Waals surface area (Å²) in [6, 6.07) is 0. The second-order valence-corrected chi connectivity index (χ2v) is 2.59. The second-order valence-electron chi connectivity index (χ2n) is 2.28. The van der Waals surface area contributed by atoms with Gasteiger partial charge in [-0.3, -0.25) is 0 Å². The van der Waals surface area contributed by atoms with Gasteiger partial charge in [-0.05, 0) is 25.7 Å². The number of halogens is 1. The number of hydrogen-bond donors (Lipinski definition) is 2. The lowest BCUT2D eigenvalue weighted by Crippen LogP contribution is -2.18. The molecule has 3 nitrogen and oxygen atoms in total. The molecule has 0 saturated carbocycles. The van der Waals surface area contributed by atoms with Crippen LogP contribution in [0.3, 0.4) is 0 Å². The Morgan fingerprint density at radius 2 is 2.08 bits per heavy atom. The Labute approximate surface area is 84.7 Å². The van der Waals surface area contributed by atoms with Crippen LogP contribution in [0.2, 0.25) is 0 Å². The van der Waals surface area contributed by atoms with Gasteiger partial charge >= 0.3 is 0 Å². The Bertz CT molecular complexity index is 101. The van der Waals surface area contributed by atoms with Gasteiger partial charge in [-0.2, -0.15) is 0 Å². The number of alkyl halides is 1. The quantitative estimate of drug-likeness (QED) is 0.425. The molecule has 0 unspecified atom stereocenters. The summed E-state index contributed by atoms with van der Waals surface area (Å²) in [4.78, 5) is 0. The molecule has 0 aromatic rings. The van der Waals surface area contributed by atoms with Crippen LogP contribution in [-0.2, 0) is 4.74 Å². The van der Waals surface area contributed by atoms with E-state index in [9.17, 15) is 0 Å². The van der Waals surface area contributed by atoms with Gasteiger partial charge in [0.25, 0.3) is 0 Å². The maximum Gasteiger partial charge on any atom is 0.0746 e. The lowest BCUT2D eigenvalue weighted by atomic mass is 10.1. The predicted molar refractivity (Wildman–Crippen MR) is 51.8 cm³/mol. The fourth-order valence-corrected chi connectivity index (χ4v) is 0.875. The van der Waals surface area contributed by atoms with Crippen molar-refractivity contribution in [2.24, 2.45) is 0 Å². The van der Waals surface area contributed by atoms with Gasteiger partial charge in [0.2, 0.25) is 0 Å². The summed E-state index contributed by atoms with van der Waals surface area (Å²) < 4.78 is 5.16. The molecule has 0 aliphatic rings. The summed E-state index contributed by atoms with van der Waals surface area (Å²) >= 11 is 5.58. The third kappa shape index (κ3) is 8.50. The Balaban J connectivity index is 3.25. The van der Waals surface area contributed by atoms with E-state index in [2.05, 4.69) is 0 Å². The topological polar surface area (TPSA) is 49.7 Å². The van der Waals surface area contributed by atoms with Crippen LogP contribution >= 0.6 is 11.6 Å². The van der Waals surface area contributed by atoms with Crippen molar-refractivity contribution in [3.63, 3.8) is 0 Å². The van der Waals surface area contributed by atoms with Crippen molar-refractivity contribution < 1.29 is 14.9 Å². The highest BCUT2D eigenvalue weighted by atomic mass is 35.5. The minimum atomic E-state index is -0.183. The van der Waals surface area contributed by atoms with Crippen LogP contribution in [0.25, 0.3) is 0 Å². The first-order valence-electron chi connectivity index (χ1n) is 4.07. The van der Waals surface area contributed by atoms with Gasteiger partial charge in [0.15, 0.2) is 0 Å². The van der Waals surface area contributed by atoms with Gasteiger partial charge in [0.05, 0.1) is 19.3 Å². The zero-order chi connectivity index (χ0) is 9.94. The van der Waals surface area contributed by atoms with E-state index in [1.807, 2.05) is 0 Å². The van der Waals surface area contributed by atoms with Crippen molar-refractivity contribution in [3.05, 3.63) is 25.7 Å². The van der Waals surface area contributed by atoms with E-state index < -0.39 is 0 Å². The van der Waals surface area contributed by atoms with E-state index >= 15 is 0 Å². The fraction of sp³-hybridized carbons (Fsp3) is 0.556. The lowest BCUT2D eigenvalue weighted by molar-refractivity contribution is 0.0590. The summed E-state index contributed by atoms with van der Waals surface area (Å²) in [5, 5.41) is 16.9. The van der Waals surface area contributed by atoms with Gasteiger partial charge in [-0.25, -0.2) is 0 Å². The molecule has 4 radical (unpaired) electrons. The van der Waals surface area contributed by atoms with Crippen LogP contribution in [-0.4, -0.2) is 42.0 Å². The fourth-order valence-electron chi connectivity index (χ4n) is 0.683. The number of hydrogen-bond acceptors (Lipinski definition) is 3. The zero-order valence-electron chi connectivity index (χ0n) is 7.40. The van der Waals surface area contributed by atoms with Crippen molar-refractivity contribution in [3.8, 4) is 0 Å². The predicted octanol–water partition coefficient (Wildman–Crippen LogP) is 0.412. The summed E-state index contributed by atoms with van der Waals surface area (Å²) in [5.41, 5.74) is 0. The van der Waals surface area contributed by atoms with E-state index in [4.69, 9.17) is 26.6 Å². The van der Waals surface area contributed by atoms with Gasteiger partial charge in [-0.1, -0.05) is 0 Å². The number of rotatable bonds is 9. The molecule has 0 rings (SSSR count). The van der Waals surface area contributed by atoms with Gasteiger partial charge in [0, 0.05) is 12.5 Å². The molecule has 13 heavy (non-hydrogen) atoms. The number of ether oxygens (including phenoxy) is 1. The first-order chi connectivity index (χ1) is 6.35. The average Bonchev–Trinajstić information content (AvgIpc) is 2.17. The standard InChI is InChI=1S/C9H15ClO3/c10-8-9(13-7-6-12)4-2-1-3-5-11/h1-4,9,11-12H,5-8H2/t9-/m1/s1. The molecule has 0 aromatic carbocycles. The highest BCUT2D eigenvalue weighted by Gasteiger charge is 2.06. The van der Waals surface area contributed by atoms with Gasteiger partial charge in [-0.15, -0.1) is 11.6 Å². The van der Waals surface area contributed by atoms with Crippen molar-refractivity contribution in [1.82, 2.24) is 0 Å². The Morgan fingerprint density at radius 1 is 1.31 bits per heavy atom. The summed E-state index contributed by atoms with van der Waals surface area (Å²) in [6.07, 6.45) is 6.66. The average molecular weight is 207 g/mol. The van der Waals surface area contributed by atoms with E-state index in [1.54, 1.807) is 25.7 Å². The van der Waals surface area contributed by atoms with Crippen molar-refractivity contribution in [2.75, 3.05) is 25.7 Å². The molecule has 0 aliphatic heterocycles. The summed E-state index contributed by atoms with van der Waals surface area (Å²) in [6.45, 7) is 0.298. The molecule has 1 atom stereocenters. The van der Waals surface area contributed by atoms with Crippen molar-refractivity contribution in [2.45, 2.75) is 6.10 Å². The minimum Gasteiger partial charge on any atom is -0.396 e. The normalized spacial score (nSPS) is 13.2. The van der Waals surface area contributed by atoms with Crippen LogP contribution in [0.1, 0.15) is 0 Å². The van der Waals surface area contributed by atoms with Crippen LogP contribution in [0, 0.1) is 25.7 Å². The monoisotopic (exact) mass is 206 g/mol. The van der Waals surface area contributed by atoms with Crippen molar-refractivity contribution >= 4 is 11.6 Å². The zero-order valence-corrected chi connectivity index (χ0v) is 8.15. The van der Waals surface area contributed by atoms with Gasteiger partial charge < -0.3 is 14.9 Å². The minimum absolute atomic E-state index is 0.00624. The third-order valence-corrected chi connectivity index (χ3v) is 1.56. The maximum absolute atomic E-state index is 8.48. The summed E-state index contributed by atoms with van der Waals surface area (Å²) in [5.74, 6) is 0.351. The molecule has 0 heterocycles. The van der Waals surface area contributed by atoms with E-state index in [0.717, 1.165) is 0 Å². The summed E-state index contributed by atoms with van der Waals surface area (Å²) in [7, 11) is 0. The van der Waals surface area contributed by atoms with E-state index in [1.165, 1.54) is 0 Å². The first-order valence-corrected chi connectivity index (χ1v) is 4.61. The maximum atomic E-state index is 8.48. The molecular formula is C9H15ClO3. The molecule has 0 amide bonds. The smallest absolute Gasteiger partial charge is 0.0746 e. The first kappa shape index (κ1) is 13.2. The molecular weight excluding hydrogens is 192 g/mol. The lowest BCUT2D eigenvalue weighted by Gasteiger charge is -2.13. The van der Waals surface area contributed by atoms with Crippen LogP contribution < -0.4 is 0 Å². The van der Waals surface area contributed by atoms with Crippen LogP contribution in [0.5, 0.6) is 0 Å². The molecule has 2 N–H and O–H groups in total. The Morgan fingerprint density at radius 3 is 2.62 bits per heavy atom. The van der Waals surface area contributed by atoms with E-state index in [0.29, 0.717) is 5.88 Å². The third-order valence-electron chi connectivity index (χ3n) is 1.25. The Kier molecular flexibility index (Phi) is 10.4. The highest BCUT2D eigenvalue weighted by Crippen LogP contribution is 2.05. The molecule has 4 heteroatoms. The molecule has 0 bridgehead atoms. The Hall–Kier alpha value is 0.170. The molecule has 0 saturated heterocycles. The number of aliphatic hydroxyl groups excluding tert-OH is 2. The van der Waals surface area contributed by atoms with Crippen LogP contribution in [0.15, 0.2) is 0 Å². The number of aliphatic hydroxyl groups is 2. The molecule has 0 aliphatic carbocycles. The SMILES string of the molecule is OC[CH][CH][CH][CH][C@H](CCl)OCCO. The molecule has 0 aromatic heterocycles.